The van der Waals surface area contributed by atoms with E-state index in [4.69, 9.17) is 11.6 Å². The van der Waals surface area contributed by atoms with E-state index < -0.39 is 41.7 Å². The first-order chi connectivity index (χ1) is 14.1. The molecule has 1 fully saturated rings. The molecule has 2 N–H and O–H groups in total. The molecule has 4 rings (SSSR count). The van der Waals surface area contributed by atoms with Crippen LogP contribution in [0.5, 0.6) is 0 Å². The maximum atomic E-state index is 13.0. The van der Waals surface area contributed by atoms with Gasteiger partial charge in [0.1, 0.15) is 12.1 Å². The summed E-state index contributed by atoms with van der Waals surface area (Å²) >= 11 is 5.88. The number of nitrogens with zero attached hydrogens (tertiary/aromatic N) is 1. The monoisotopic (exact) mass is 437 g/mol. The van der Waals surface area contributed by atoms with Gasteiger partial charge in [0.05, 0.1) is 16.3 Å². The van der Waals surface area contributed by atoms with Gasteiger partial charge >= 0.3 is 12.2 Å². The van der Waals surface area contributed by atoms with E-state index in [1.165, 1.54) is 0 Å². The fraction of sp³-hybridized carbons (Fsp3) is 0.250. The number of carbonyl (C=O) groups is 3. The van der Waals surface area contributed by atoms with Crippen molar-refractivity contribution < 1.29 is 27.6 Å². The fourth-order valence-corrected chi connectivity index (χ4v) is 4.03. The van der Waals surface area contributed by atoms with Gasteiger partial charge in [-0.1, -0.05) is 35.9 Å². The molecule has 0 bridgehead atoms. The first-order valence-electron chi connectivity index (χ1n) is 9.01. The highest BCUT2D eigenvalue weighted by Crippen LogP contribution is 2.41. The third kappa shape index (κ3) is 3.28. The number of anilines is 1. The van der Waals surface area contributed by atoms with E-state index in [0.717, 1.165) is 22.6 Å². The third-order valence-corrected chi connectivity index (χ3v) is 5.62. The molecule has 6 nitrogen and oxygen atoms in total. The van der Waals surface area contributed by atoms with Crippen LogP contribution < -0.4 is 10.6 Å². The number of hydrogen-bond donors (Lipinski definition) is 2. The zero-order valence-corrected chi connectivity index (χ0v) is 16.1. The molecule has 1 aliphatic carbocycles. The van der Waals surface area contributed by atoms with Crippen molar-refractivity contribution in [2.24, 2.45) is 0 Å². The number of aryl methyl sites for hydroxylation is 1. The van der Waals surface area contributed by atoms with Gasteiger partial charge in [-0.2, -0.15) is 13.2 Å². The second-order valence-corrected chi connectivity index (χ2v) is 7.53. The quantitative estimate of drug-likeness (QED) is 0.719. The van der Waals surface area contributed by atoms with Gasteiger partial charge in [0.25, 0.3) is 5.91 Å². The average molecular weight is 438 g/mol. The van der Waals surface area contributed by atoms with Gasteiger partial charge in [-0.05, 0) is 42.2 Å². The van der Waals surface area contributed by atoms with Crippen molar-refractivity contribution >= 4 is 35.1 Å². The summed E-state index contributed by atoms with van der Waals surface area (Å²) < 4.78 is 38.7. The molecule has 0 aromatic heterocycles. The highest BCUT2D eigenvalue weighted by atomic mass is 35.5. The Hall–Kier alpha value is -3.07. The molecule has 1 spiro atoms. The maximum Gasteiger partial charge on any atom is 0.416 e. The normalized spacial score (nSPS) is 20.5. The summed E-state index contributed by atoms with van der Waals surface area (Å²) in [5, 5.41) is 4.82. The van der Waals surface area contributed by atoms with Crippen LogP contribution in [0.25, 0.3) is 0 Å². The predicted molar refractivity (Wildman–Crippen MR) is 102 cm³/mol. The minimum atomic E-state index is -4.61. The summed E-state index contributed by atoms with van der Waals surface area (Å²) in [5.74, 6) is -1.41. The summed E-state index contributed by atoms with van der Waals surface area (Å²) in [6, 6.07) is 8.98. The lowest BCUT2D eigenvalue weighted by Gasteiger charge is -2.22. The lowest BCUT2D eigenvalue weighted by atomic mass is 9.92. The van der Waals surface area contributed by atoms with Crippen molar-refractivity contribution in [1.82, 2.24) is 10.2 Å². The molecule has 1 aliphatic heterocycles. The molecule has 30 heavy (non-hydrogen) atoms. The van der Waals surface area contributed by atoms with Crippen LogP contribution in [-0.4, -0.2) is 29.3 Å². The van der Waals surface area contributed by atoms with Gasteiger partial charge in [0, 0.05) is 0 Å². The van der Waals surface area contributed by atoms with E-state index in [1.807, 2.05) is 12.1 Å². The number of imide groups is 1. The topological polar surface area (TPSA) is 78.5 Å². The zero-order chi connectivity index (χ0) is 21.7. The largest absolute Gasteiger partial charge is 0.416 e. The molecule has 2 aromatic rings. The lowest BCUT2D eigenvalue weighted by Crippen LogP contribution is -2.43. The summed E-state index contributed by atoms with van der Waals surface area (Å²) in [5.41, 5.74) is -0.842. The van der Waals surface area contributed by atoms with Gasteiger partial charge in [0.15, 0.2) is 0 Å². The van der Waals surface area contributed by atoms with Crippen molar-refractivity contribution in [3.63, 3.8) is 0 Å². The van der Waals surface area contributed by atoms with Crippen LogP contribution >= 0.6 is 11.6 Å². The Balaban J connectivity index is 1.53. The minimum Gasteiger partial charge on any atom is -0.323 e. The fourth-order valence-electron chi connectivity index (χ4n) is 3.86. The van der Waals surface area contributed by atoms with Crippen LogP contribution in [0.4, 0.5) is 23.7 Å². The van der Waals surface area contributed by atoms with E-state index in [-0.39, 0.29) is 10.7 Å². The van der Waals surface area contributed by atoms with Gasteiger partial charge in [-0.3, -0.25) is 14.5 Å². The van der Waals surface area contributed by atoms with E-state index in [2.05, 4.69) is 10.6 Å². The van der Waals surface area contributed by atoms with Gasteiger partial charge in [0.2, 0.25) is 5.91 Å². The van der Waals surface area contributed by atoms with Crippen LogP contribution in [0.2, 0.25) is 5.02 Å². The summed E-state index contributed by atoms with van der Waals surface area (Å²) in [4.78, 5) is 38.6. The van der Waals surface area contributed by atoms with E-state index >= 15 is 0 Å². The smallest absolute Gasteiger partial charge is 0.323 e. The van der Waals surface area contributed by atoms with Gasteiger partial charge < -0.3 is 10.6 Å². The van der Waals surface area contributed by atoms with Crippen LogP contribution in [0.3, 0.4) is 0 Å². The summed E-state index contributed by atoms with van der Waals surface area (Å²) in [7, 11) is 0. The molecule has 0 saturated carbocycles. The predicted octanol–water partition coefficient (Wildman–Crippen LogP) is 3.69. The highest BCUT2D eigenvalue weighted by molar-refractivity contribution is 6.33. The van der Waals surface area contributed by atoms with Crippen molar-refractivity contribution in [2.75, 3.05) is 11.9 Å². The summed E-state index contributed by atoms with van der Waals surface area (Å²) in [6.45, 7) is -0.652. The minimum absolute atomic E-state index is 0.102. The maximum absolute atomic E-state index is 13.0. The number of urea groups is 1. The van der Waals surface area contributed by atoms with Gasteiger partial charge in [-0.15, -0.1) is 0 Å². The first-order valence-corrected chi connectivity index (χ1v) is 9.39. The number of carbonyl (C=O) groups excluding carboxylic acids is 3. The molecule has 1 saturated heterocycles. The molecule has 1 heterocycles. The third-order valence-electron chi connectivity index (χ3n) is 5.29. The standard InChI is InChI=1S/C20H15ClF3N3O3/c21-14-6-5-12(20(22,23)24)9-15(14)25-16(28)10-27-17(29)19(26-18(27)30)8-7-11-3-1-2-4-13(11)19/h1-6,9H,7-8,10H2,(H,25,28)(H,26,30). The Bertz CT molecular complexity index is 1070. The molecule has 2 aromatic carbocycles. The lowest BCUT2D eigenvalue weighted by molar-refractivity contribution is -0.137. The van der Waals surface area contributed by atoms with Crippen molar-refractivity contribution in [3.8, 4) is 0 Å². The van der Waals surface area contributed by atoms with E-state index in [9.17, 15) is 27.6 Å². The number of hydrogen-bond acceptors (Lipinski definition) is 3. The Morgan fingerprint density at radius 1 is 1.20 bits per heavy atom. The summed E-state index contributed by atoms with van der Waals surface area (Å²) in [6.07, 6.45) is -3.65. The van der Waals surface area contributed by atoms with E-state index in [1.54, 1.807) is 12.1 Å². The number of halogens is 4. The molecule has 4 amide bonds. The molecule has 2 aliphatic rings. The number of rotatable bonds is 3. The van der Waals surface area contributed by atoms with Crippen LogP contribution in [-0.2, 0) is 27.7 Å². The van der Waals surface area contributed by atoms with E-state index in [0.29, 0.717) is 24.5 Å². The van der Waals surface area contributed by atoms with Gasteiger partial charge in [-0.25, -0.2) is 4.79 Å². The van der Waals surface area contributed by atoms with Crippen molar-refractivity contribution in [2.45, 2.75) is 24.6 Å². The molecule has 10 heteroatoms. The molecule has 1 unspecified atom stereocenters. The SMILES string of the molecule is O=C(CN1C(=O)NC2(CCc3ccccc32)C1=O)Nc1cc(C(F)(F)F)ccc1Cl. The average Bonchev–Trinajstić information content (AvgIpc) is 3.16. The number of fused-ring (bicyclic) bond motifs is 2. The first kappa shape index (κ1) is 20.2. The number of amides is 4. The highest BCUT2D eigenvalue weighted by Gasteiger charge is 2.55. The molecule has 156 valence electrons. The number of nitrogens with one attached hydrogen (secondary N) is 2. The number of alkyl halides is 3. The Labute approximate surface area is 174 Å². The molecular formula is C20H15ClF3N3O3. The van der Waals surface area contributed by atoms with Crippen LogP contribution in [0.15, 0.2) is 42.5 Å². The second kappa shape index (κ2) is 7.02. The Morgan fingerprint density at radius 3 is 2.67 bits per heavy atom. The molecule has 1 atom stereocenters. The second-order valence-electron chi connectivity index (χ2n) is 7.12. The Kier molecular flexibility index (Phi) is 4.73. The van der Waals surface area contributed by atoms with Crippen LogP contribution in [0, 0.1) is 0 Å². The van der Waals surface area contributed by atoms with Crippen molar-refractivity contribution in [1.29, 1.82) is 0 Å². The molecular weight excluding hydrogens is 423 g/mol. The zero-order valence-electron chi connectivity index (χ0n) is 15.3. The van der Waals surface area contributed by atoms with Crippen LogP contribution in [0.1, 0.15) is 23.1 Å². The van der Waals surface area contributed by atoms with Crippen molar-refractivity contribution in [3.05, 3.63) is 64.2 Å². The molecule has 0 radical (unpaired) electrons. The number of benzene rings is 2. The Morgan fingerprint density at radius 2 is 1.93 bits per heavy atom.